The van der Waals surface area contributed by atoms with Gasteiger partial charge in [0.25, 0.3) is 0 Å². The molecule has 2 aromatic rings. The summed E-state index contributed by atoms with van der Waals surface area (Å²) in [5, 5.41) is 0. The number of Topliss-reactive ketones (excluding diaryl/α,β-unsaturated/α-hetero) is 2. The Balaban J connectivity index is 0.000000145. The van der Waals surface area contributed by atoms with Gasteiger partial charge in [-0.3, -0.25) is 19.4 Å². The van der Waals surface area contributed by atoms with Crippen LogP contribution in [-0.2, 0) is 108 Å². The fourth-order valence-electron chi connectivity index (χ4n) is 10.3. The summed E-state index contributed by atoms with van der Waals surface area (Å²) in [4.78, 5) is 43.3. The van der Waals surface area contributed by atoms with Gasteiger partial charge in [-0.2, -0.15) is 0 Å². The van der Waals surface area contributed by atoms with Crippen molar-refractivity contribution in [2.75, 3.05) is 39.8 Å². The third kappa shape index (κ3) is 8.09. The number of rotatable bonds is 1. The van der Waals surface area contributed by atoms with Gasteiger partial charge < -0.3 is 28.4 Å². The van der Waals surface area contributed by atoms with Gasteiger partial charge in [0.15, 0.2) is 34.9 Å². The van der Waals surface area contributed by atoms with Crippen LogP contribution in [0.15, 0.2) is 35.4 Å². The molecule has 10 rings (SSSR count). The molecule has 2 spiro atoms. The Kier molecular flexibility index (Phi) is 13.1. The number of hydrogen-bond donors (Lipinski definition) is 0. The summed E-state index contributed by atoms with van der Waals surface area (Å²) in [6, 6.07) is 8.25. The van der Waals surface area contributed by atoms with Crippen LogP contribution < -0.4 is 18.9 Å². The lowest BCUT2D eigenvalue weighted by molar-refractivity contribution is -0.130. The molecule has 0 bridgehead atoms. The summed E-state index contributed by atoms with van der Waals surface area (Å²) < 4.78 is 33.5. The third-order valence-corrected chi connectivity index (χ3v) is 23.6. The number of benzene rings is 2. The molecule has 0 aromatic heterocycles. The number of ether oxygens (including phenoxy) is 6. The van der Waals surface area contributed by atoms with Crippen LogP contribution >= 0.6 is 0 Å². The van der Waals surface area contributed by atoms with E-state index in [2.05, 4.69) is 44.3 Å². The van der Waals surface area contributed by atoms with Gasteiger partial charge in [0.2, 0.25) is 19.4 Å². The molecule has 2 saturated heterocycles. The molecule has 0 saturated carbocycles. The predicted octanol–water partition coefficient (Wildman–Crippen LogP) is 6.02. The summed E-state index contributed by atoms with van der Waals surface area (Å²) in [5.74, 6) is 3.27. The molecular formula is C41H46N2O9S8. The molecule has 3 atom stereocenters. The molecule has 19 heteroatoms. The van der Waals surface area contributed by atoms with Crippen LogP contribution in [0.1, 0.15) is 89.0 Å². The zero-order chi connectivity index (χ0) is 42.4. The fourth-order valence-corrected chi connectivity index (χ4v) is 21.3. The van der Waals surface area contributed by atoms with Crippen LogP contribution in [0.4, 0.5) is 4.79 Å². The lowest BCUT2D eigenvalue weighted by Gasteiger charge is -2.40. The largest absolute Gasteiger partial charge is 0.509 e. The van der Waals surface area contributed by atoms with Crippen LogP contribution in [0.25, 0.3) is 11.1 Å². The molecule has 2 aromatic carbocycles. The monoisotopic (exact) mass is 966 g/mol. The highest BCUT2D eigenvalue weighted by Gasteiger charge is 2.61. The Morgan fingerprint density at radius 3 is 1.85 bits per heavy atom. The van der Waals surface area contributed by atoms with Crippen molar-refractivity contribution in [1.29, 1.82) is 0 Å². The minimum absolute atomic E-state index is 0.0554. The second-order valence-corrected chi connectivity index (χ2v) is 27.3. The standard InChI is InChI=1S/C23H27NO6.C18H19NO3.S8/c1-13-18-15-11-17-16(27-12-28-17)10-14(15)6-9-24-8-5-7-23(18,24)20(19(13)25)29-21(26)30-22(2,3)4;1-11-14(20)9-18-4-2-5-19(18)6-3-12-7-15-16(22-10-21-15)8-13(12)17(11)18;1-3-5-7-8-6-4-2/h10-11,20H,5-9,12H2,1-4H3;7-8H,2-6,9-10H2,1H3;/t20?,23-;18-;/m10./s1. The summed E-state index contributed by atoms with van der Waals surface area (Å²) in [6.07, 6.45) is 4.78. The molecule has 2 aliphatic carbocycles. The maximum absolute atomic E-state index is 13.4. The highest BCUT2D eigenvalue weighted by Crippen LogP contribution is 2.56. The first-order valence-electron chi connectivity index (χ1n) is 19.8. The Labute approximate surface area is 377 Å². The molecule has 322 valence electrons. The van der Waals surface area contributed by atoms with Gasteiger partial charge >= 0.3 is 6.16 Å². The first-order valence-corrected chi connectivity index (χ1v) is 29.2. The average molecular weight is 967 g/mol. The Morgan fingerprint density at radius 2 is 1.27 bits per heavy atom. The number of carbonyl (C=O) groups excluding carboxylic acids is 3. The minimum Gasteiger partial charge on any atom is -0.454 e. The van der Waals surface area contributed by atoms with Crippen LogP contribution in [0, 0.1) is 0 Å². The quantitative estimate of drug-likeness (QED) is 0.311. The van der Waals surface area contributed by atoms with Crippen LogP contribution in [-0.4, -0.2) is 90.1 Å². The third-order valence-electron chi connectivity index (χ3n) is 12.5. The summed E-state index contributed by atoms with van der Waals surface area (Å²) in [5.41, 5.74) is 7.08. The number of carbonyl (C=O) groups is 3. The maximum Gasteiger partial charge on any atom is 0.509 e. The van der Waals surface area contributed by atoms with Crippen molar-refractivity contribution in [1.82, 2.24) is 9.80 Å². The van der Waals surface area contributed by atoms with Crippen molar-refractivity contribution in [2.24, 2.45) is 0 Å². The number of nitrogens with zero attached hydrogens (tertiary/aromatic N) is 2. The van der Waals surface area contributed by atoms with E-state index in [1.165, 1.54) is 40.9 Å². The van der Waals surface area contributed by atoms with Gasteiger partial charge in [0.05, 0.1) is 11.1 Å². The van der Waals surface area contributed by atoms with Crippen LogP contribution in [0.2, 0.25) is 0 Å². The first kappa shape index (κ1) is 44.0. The van der Waals surface area contributed by atoms with E-state index >= 15 is 0 Å². The lowest BCUT2D eigenvalue weighted by atomic mass is 9.81. The Bertz CT molecular complexity index is 2490. The highest BCUT2D eigenvalue weighted by atomic mass is 33.4. The molecule has 8 aliphatic rings. The first-order chi connectivity index (χ1) is 28.8. The highest BCUT2D eigenvalue weighted by molar-refractivity contribution is 8.70. The summed E-state index contributed by atoms with van der Waals surface area (Å²) in [7, 11) is 9.12. The molecule has 11 nitrogen and oxygen atoms in total. The van der Waals surface area contributed by atoms with Gasteiger partial charge in [-0.05, 0) is 149 Å². The zero-order valence-corrected chi connectivity index (χ0v) is 40.4. The summed E-state index contributed by atoms with van der Waals surface area (Å²) in [6.45, 7) is 13.5. The molecule has 60 heavy (non-hydrogen) atoms. The molecule has 0 radical (unpaired) electrons. The lowest BCUT2D eigenvalue weighted by Crippen LogP contribution is -2.54. The van der Waals surface area contributed by atoms with Crippen molar-refractivity contribution in [3.63, 3.8) is 0 Å². The maximum atomic E-state index is 13.4. The normalized spacial score (nSPS) is 25.4. The van der Waals surface area contributed by atoms with Crippen molar-refractivity contribution < 1.29 is 42.8 Å². The second-order valence-electron chi connectivity index (χ2n) is 16.7. The van der Waals surface area contributed by atoms with Crippen molar-refractivity contribution in [3.8, 4) is 23.0 Å². The van der Waals surface area contributed by atoms with Crippen molar-refractivity contribution in [2.45, 2.75) is 102 Å². The van der Waals surface area contributed by atoms with E-state index in [1.54, 1.807) is 56.3 Å². The van der Waals surface area contributed by atoms with Gasteiger partial charge in [-0.25, -0.2) is 4.79 Å². The van der Waals surface area contributed by atoms with E-state index in [4.69, 9.17) is 28.4 Å². The van der Waals surface area contributed by atoms with E-state index in [-0.39, 0.29) is 18.1 Å². The SMILES string of the molecule is CC1=C2c3cc4c(cc3CCN3CCC[C@]23C(OC(=O)OC(C)(C)C)C1=O)OCO4.CC1=C2c3cc4c(cc3CCN3CCC[C@]23CC1=O)OCO4.S=S=S=S=S=S=S=S. The zero-order valence-electron chi connectivity index (χ0n) is 33.9. The molecule has 1 unspecified atom stereocenters. The van der Waals surface area contributed by atoms with Crippen LogP contribution in [0.3, 0.4) is 0 Å². The van der Waals surface area contributed by atoms with Crippen molar-refractivity contribution in [3.05, 3.63) is 57.7 Å². The van der Waals surface area contributed by atoms with Crippen LogP contribution in [0.5, 0.6) is 23.0 Å². The van der Waals surface area contributed by atoms with Gasteiger partial charge in [0, 0.05) is 101 Å². The molecule has 6 heterocycles. The molecule has 0 N–H and O–H groups in total. The molecule has 2 fully saturated rings. The minimum atomic E-state index is -0.902. The van der Waals surface area contributed by atoms with E-state index in [0.717, 1.165) is 97.8 Å². The number of ketones is 2. The molecule has 6 aliphatic heterocycles. The Hall–Kier alpha value is -2.59. The smallest absolute Gasteiger partial charge is 0.454 e. The topological polar surface area (TPSA) is 113 Å². The van der Waals surface area contributed by atoms with Gasteiger partial charge in [0.1, 0.15) is 5.60 Å². The Morgan fingerprint density at radius 1 is 0.733 bits per heavy atom. The van der Waals surface area contributed by atoms with E-state index < -0.39 is 23.4 Å². The predicted molar refractivity (Wildman–Crippen MR) is 249 cm³/mol. The number of fused-ring (bicyclic) bond motifs is 6. The fraction of sp³-hybridized carbons (Fsp3) is 0.537. The molecule has 0 amide bonds. The average Bonchev–Trinajstić information content (AvgIpc) is 4.06. The number of hydrogen-bond acceptors (Lipinski definition) is 13. The van der Waals surface area contributed by atoms with Gasteiger partial charge in [-0.1, -0.05) is 0 Å². The van der Waals surface area contributed by atoms with E-state index in [0.29, 0.717) is 30.3 Å². The second kappa shape index (κ2) is 17.9. The van der Waals surface area contributed by atoms with Crippen molar-refractivity contribution >= 4 is 105 Å². The molecular weight excluding hydrogens is 921 g/mol. The number of allylic oxidation sites excluding steroid dienone is 1. The van der Waals surface area contributed by atoms with Gasteiger partial charge in [-0.15, -0.1) is 0 Å². The summed E-state index contributed by atoms with van der Waals surface area (Å²) >= 11 is 9.21. The van der Waals surface area contributed by atoms with E-state index in [1.807, 2.05) is 26.0 Å². The van der Waals surface area contributed by atoms with E-state index in [9.17, 15) is 14.4 Å².